The topological polar surface area (TPSA) is 31.2 Å². The van der Waals surface area contributed by atoms with Gasteiger partial charge in [-0.15, -0.1) is 0 Å². The Balaban J connectivity index is 0.926. The van der Waals surface area contributed by atoms with E-state index in [9.17, 15) is 0 Å². The SMILES string of the molecule is CC(C)C1N(CCCCCCN2C=NC3(c4ccccc4-c4ccccc43)C2C(C)C)C=NC12c1ccccc1-c1ccccc12. The van der Waals surface area contributed by atoms with Crippen LogP contribution in [0.25, 0.3) is 22.3 Å². The quantitative estimate of drug-likeness (QED) is 0.178. The van der Waals surface area contributed by atoms with Gasteiger partial charge >= 0.3 is 0 Å². The zero-order valence-electron chi connectivity index (χ0n) is 27.7. The molecule has 4 nitrogen and oxygen atoms in total. The van der Waals surface area contributed by atoms with Crippen molar-refractivity contribution in [1.82, 2.24) is 9.80 Å². The van der Waals surface area contributed by atoms with E-state index in [4.69, 9.17) is 9.98 Å². The summed E-state index contributed by atoms with van der Waals surface area (Å²) < 4.78 is 0. The van der Waals surface area contributed by atoms with Gasteiger partial charge < -0.3 is 9.80 Å². The van der Waals surface area contributed by atoms with Crippen molar-refractivity contribution < 1.29 is 0 Å². The Morgan fingerprint density at radius 3 is 1.09 bits per heavy atom. The van der Waals surface area contributed by atoms with Gasteiger partial charge in [0.15, 0.2) is 0 Å². The zero-order valence-corrected chi connectivity index (χ0v) is 27.7. The minimum Gasteiger partial charge on any atom is -0.357 e. The Hall–Kier alpha value is -4.18. The minimum atomic E-state index is -0.310. The number of nitrogens with zero attached hydrogens (tertiary/aromatic N) is 4. The van der Waals surface area contributed by atoms with Crippen LogP contribution in [-0.2, 0) is 11.1 Å². The number of unbranched alkanes of at least 4 members (excludes halogenated alkanes) is 3. The molecule has 4 aromatic rings. The van der Waals surface area contributed by atoms with Gasteiger partial charge in [0.2, 0.25) is 0 Å². The molecule has 46 heavy (non-hydrogen) atoms. The van der Waals surface area contributed by atoms with Crippen LogP contribution in [0.3, 0.4) is 0 Å². The van der Waals surface area contributed by atoms with Crippen molar-refractivity contribution in [1.29, 1.82) is 0 Å². The summed E-state index contributed by atoms with van der Waals surface area (Å²) in [6.45, 7) is 11.6. The van der Waals surface area contributed by atoms with Crippen LogP contribution < -0.4 is 0 Å². The smallest absolute Gasteiger partial charge is 0.134 e. The number of aliphatic imine (C=N–C) groups is 2. The van der Waals surface area contributed by atoms with Crippen LogP contribution in [0.1, 0.15) is 75.6 Å². The van der Waals surface area contributed by atoms with Crippen molar-refractivity contribution in [2.45, 2.75) is 76.5 Å². The van der Waals surface area contributed by atoms with Gasteiger partial charge in [0.05, 0.1) is 24.8 Å². The lowest BCUT2D eigenvalue weighted by molar-refractivity contribution is 0.197. The first-order chi connectivity index (χ1) is 22.5. The molecule has 0 fully saturated rings. The van der Waals surface area contributed by atoms with E-state index in [1.807, 2.05) is 0 Å². The molecule has 234 valence electrons. The van der Waals surface area contributed by atoms with Crippen LogP contribution in [0.4, 0.5) is 0 Å². The molecule has 0 aromatic heterocycles. The van der Waals surface area contributed by atoms with E-state index in [0.29, 0.717) is 23.9 Å². The van der Waals surface area contributed by atoms with Gasteiger partial charge in [0, 0.05) is 13.1 Å². The lowest BCUT2D eigenvalue weighted by Gasteiger charge is -2.39. The highest BCUT2D eigenvalue weighted by Gasteiger charge is 2.55. The van der Waals surface area contributed by atoms with Crippen LogP contribution in [0, 0.1) is 11.8 Å². The largest absolute Gasteiger partial charge is 0.357 e. The van der Waals surface area contributed by atoms with Crippen molar-refractivity contribution in [2.24, 2.45) is 21.8 Å². The summed E-state index contributed by atoms with van der Waals surface area (Å²) in [5, 5.41) is 0. The Bertz CT molecular complexity index is 1590. The maximum absolute atomic E-state index is 5.37. The summed E-state index contributed by atoms with van der Waals surface area (Å²) in [5.41, 5.74) is 10.2. The van der Waals surface area contributed by atoms with Crippen LogP contribution in [0.5, 0.6) is 0 Å². The van der Waals surface area contributed by atoms with Crippen molar-refractivity contribution in [3.8, 4) is 22.3 Å². The molecule has 2 heterocycles. The number of fused-ring (bicyclic) bond motifs is 10. The Labute approximate surface area is 274 Å². The third kappa shape index (κ3) is 4.11. The fraction of sp³-hybridized carbons (Fsp3) is 0.381. The van der Waals surface area contributed by atoms with E-state index in [0.717, 1.165) is 13.1 Å². The molecule has 8 rings (SSSR count). The maximum atomic E-state index is 5.37. The minimum absolute atomic E-state index is 0.310. The van der Waals surface area contributed by atoms with E-state index in [-0.39, 0.29) is 11.1 Å². The van der Waals surface area contributed by atoms with Crippen LogP contribution in [0.2, 0.25) is 0 Å². The van der Waals surface area contributed by atoms with Crippen molar-refractivity contribution in [3.05, 3.63) is 119 Å². The molecule has 2 unspecified atom stereocenters. The predicted molar refractivity (Wildman–Crippen MR) is 191 cm³/mol. The Morgan fingerprint density at radius 1 is 0.478 bits per heavy atom. The van der Waals surface area contributed by atoms with Crippen LogP contribution >= 0.6 is 0 Å². The summed E-state index contributed by atoms with van der Waals surface area (Å²) in [7, 11) is 0. The number of rotatable bonds is 9. The lowest BCUT2D eigenvalue weighted by Crippen LogP contribution is -2.47. The summed E-state index contributed by atoms with van der Waals surface area (Å²) in [5.74, 6) is 0.949. The van der Waals surface area contributed by atoms with E-state index >= 15 is 0 Å². The molecule has 0 amide bonds. The molecule has 2 aliphatic carbocycles. The molecule has 0 saturated carbocycles. The zero-order chi connectivity index (χ0) is 31.5. The average molecular weight is 607 g/mol. The molecule has 4 aromatic carbocycles. The van der Waals surface area contributed by atoms with Gasteiger partial charge in [0.25, 0.3) is 0 Å². The first-order valence-electron chi connectivity index (χ1n) is 17.5. The second kappa shape index (κ2) is 11.3. The van der Waals surface area contributed by atoms with Crippen molar-refractivity contribution >= 4 is 12.7 Å². The molecule has 0 saturated heterocycles. The van der Waals surface area contributed by atoms with E-state index < -0.39 is 0 Å². The monoisotopic (exact) mass is 606 g/mol. The molecular weight excluding hydrogens is 560 g/mol. The predicted octanol–water partition coefficient (Wildman–Crippen LogP) is 9.13. The summed E-state index contributed by atoms with van der Waals surface area (Å²) in [4.78, 5) is 15.9. The fourth-order valence-corrected chi connectivity index (χ4v) is 9.58. The molecule has 0 bridgehead atoms. The molecule has 0 radical (unpaired) electrons. The van der Waals surface area contributed by atoms with Gasteiger partial charge in [-0.3, -0.25) is 9.98 Å². The highest BCUT2D eigenvalue weighted by atomic mass is 15.3. The number of hydrogen-bond donors (Lipinski definition) is 0. The second-order valence-electron chi connectivity index (χ2n) is 14.5. The van der Waals surface area contributed by atoms with Gasteiger partial charge in [-0.1, -0.05) is 138 Å². The molecule has 2 atom stereocenters. The van der Waals surface area contributed by atoms with E-state index in [1.165, 1.54) is 70.2 Å². The average Bonchev–Trinajstić information content (AvgIpc) is 3.81. The molecule has 4 aliphatic rings. The van der Waals surface area contributed by atoms with Gasteiger partial charge in [-0.2, -0.15) is 0 Å². The molecular formula is C42H46N4. The lowest BCUT2D eigenvalue weighted by atomic mass is 9.76. The van der Waals surface area contributed by atoms with Crippen molar-refractivity contribution in [3.63, 3.8) is 0 Å². The standard InChI is InChI=1S/C42H46N4/c1-29(2)39-41(35-21-11-7-17-31(35)32-18-8-12-22-36(32)41)43-27-45(39)25-15-5-6-16-26-46-28-44-42(40(46)30(3)4)37-23-13-9-19-33(37)34-20-10-14-24-38(34)42/h7-14,17-24,27-30,39-40H,5-6,15-16,25-26H2,1-4H3. The normalized spacial score (nSPS) is 20.7. The molecule has 4 heteroatoms. The second-order valence-corrected chi connectivity index (χ2v) is 14.5. The van der Waals surface area contributed by atoms with E-state index in [2.05, 4.69) is 147 Å². The summed E-state index contributed by atoms with van der Waals surface area (Å²) >= 11 is 0. The highest BCUT2D eigenvalue weighted by Crippen LogP contribution is 2.57. The van der Waals surface area contributed by atoms with Gasteiger partial charge in [-0.05, 0) is 69.2 Å². The molecule has 2 spiro atoms. The number of hydrogen-bond acceptors (Lipinski definition) is 4. The molecule has 0 N–H and O–H groups in total. The first-order valence-corrected chi connectivity index (χ1v) is 17.5. The molecule has 2 aliphatic heterocycles. The summed E-state index contributed by atoms with van der Waals surface area (Å²) in [6.07, 6.45) is 9.16. The summed E-state index contributed by atoms with van der Waals surface area (Å²) in [6, 6.07) is 36.4. The highest BCUT2D eigenvalue weighted by molar-refractivity contribution is 5.85. The van der Waals surface area contributed by atoms with Crippen LogP contribution in [0.15, 0.2) is 107 Å². The van der Waals surface area contributed by atoms with Gasteiger partial charge in [-0.25, -0.2) is 0 Å². The Kier molecular flexibility index (Phi) is 7.16. The van der Waals surface area contributed by atoms with Gasteiger partial charge in [0.1, 0.15) is 11.1 Å². The van der Waals surface area contributed by atoms with Crippen LogP contribution in [-0.4, -0.2) is 47.7 Å². The third-order valence-electron chi connectivity index (χ3n) is 11.2. The first kappa shape index (κ1) is 29.2. The fourth-order valence-electron chi connectivity index (χ4n) is 9.58. The van der Waals surface area contributed by atoms with E-state index in [1.54, 1.807) is 0 Å². The number of benzene rings is 4. The third-order valence-corrected chi connectivity index (χ3v) is 11.2. The maximum Gasteiger partial charge on any atom is 0.134 e. The Morgan fingerprint density at radius 2 is 0.783 bits per heavy atom. The van der Waals surface area contributed by atoms with Crippen molar-refractivity contribution in [2.75, 3.05) is 13.1 Å².